The van der Waals surface area contributed by atoms with Gasteiger partial charge in [0.25, 0.3) is 5.91 Å². The maximum atomic E-state index is 13.3. The van der Waals surface area contributed by atoms with Gasteiger partial charge in [0, 0.05) is 6.54 Å². The predicted octanol–water partition coefficient (Wildman–Crippen LogP) is 3.78. The second-order valence-electron chi connectivity index (χ2n) is 7.42. The molecule has 6 nitrogen and oxygen atoms in total. The third-order valence-electron chi connectivity index (χ3n) is 4.71. The van der Waals surface area contributed by atoms with Crippen LogP contribution >= 0.6 is 0 Å². The molecule has 0 aliphatic carbocycles. The molecule has 0 aliphatic rings. The van der Waals surface area contributed by atoms with Crippen LogP contribution in [0.25, 0.3) is 0 Å². The number of aryl methyl sites for hydroxylation is 2. The minimum Gasteiger partial charge on any atom is -0.272 e. The second-order valence-corrected chi connectivity index (χ2v) is 9.36. The topological polar surface area (TPSA) is 78.8 Å². The SMILES string of the molecule is Cc1ccc(CN(CC(=O)N/N=C\c2cccc(F)c2)S(=O)(=O)c2ccc(C)cc2)cc1. The monoisotopic (exact) mass is 453 g/mol. The number of halogens is 1. The summed E-state index contributed by atoms with van der Waals surface area (Å²) >= 11 is 0. The van der Waals surface area contributed by atoms with E-state index in [1.54, 1.807) is 18.2 Å². The van der Waals surface area contributed by atoms with Crippen LogP contribution in [0.1, 0.15) is 22.3 Å². The summed E-state index contributed by atoms with van der Waals surface area (Å²) in [5, 5.41) is 3.81. The molecule has 0 radical (unpaired) electrons. The van der Waals surface area contributed by atoms with Gasteiger partial charge < -0.3 is 0 Å². The number of hydrazone groups is 1. The van der Waals surface area contributed by atoms with Crippen LogP contribution in [0, 0.1) is 19.7 Å². The smallest absolute Gasteiger partial charge is 0.255 e. The lowest BCUT2D eigenvalue weighted by atomic mass is 10.1. The molecule has 32 heavy (non-hydrogen) atoms. The first-order valence-corrected chi connectivity index (χ1v) is 11.4. The average Bonchev–Trinajstić information content (AvgIpc) is 2.75. The van der Waals surface area contributed by atoms with Gasteiger partial charge in [0.1, 0.15) is 5.82 Å². The van der Waals surface area contributed by atoms with Crippen LogP contribution in [0.3, 0.4) is 0 Å². The van der Waals surface area contributed by atoms with Crippen molar-refractivity contribution in [1.82, 2.24) is 9.73 Å². The number of nitrogens with one attached hydrogen (secondary N) is 1. The quantitative estimate of drug-likeness (QED) is 0.416. The Morgan fingerprint density at radius 1 is 1.00 bits per heavy atom. The zero-order chi connectivity index (χ0) is 23.1. The molecule has 0 saturated carbocycles. The van der Waals surface area contributed by atoms with E-state index in [0.29, 0.717) is 5.56 Å². The number of carbonyl (C=O) groups is 1. The van der Waals surface area contributed by atoms with Crippen LogP contribution in [0.5, 0.6) is 0 Å². The maximum absolute atomic E-state index is 13.3. The van der Waals surface area contributed by atoms with Gasteiger partial charge in [-0.2, -0.15) is 9.41 Å². The van der Waals surface area contributed by atoms with Gasteiger partial charge in [0.15, 0.2) is 0 Å². The highest BCUT2D eigenvalue weighted by atomic mass is 32.2. The van der Waals surface area contributed by atoms with Gasteiger partial charge in [-0.15, -0.1) is 0 Å². The Hall–Kier alpha value is -3.36. The van der Waals surface area contributed by atoms with E-state index in [2.05, 4.69) is 10.5 Å². The summed E-state index contributed by atoms with van der Waals surface area (Å²) in [5.41, 5.74) is 5.51. The molecule has 0 saturated heterocycles. The van der Waals surface area contributed by atoms with Crippen molar-refractivity contribution >= 4 is 22.1 Å². The zero-order valence-corrected chi connectivity index (χ0v) is 18.6. The Balaban J connectivity index is 1.79. The van der Waals surface area contributed by atoms with E-state index in [1.165, 1.54) is 36.5 Å². The van der Waals surface area contributed by atoms with E-state index in [4.69, 9.17) is 0 Å². The Morgan fingerprint density at radius 3 is 2.25 bits per heavy atom. The van der Waals surface area contributed by atoms with Crippen molar-refractivity contribution in [2.75, 3.05) is 6.54 Å². The van der Waals surface area contributed by atoms with E-state index in [-0.39, 0.29) is 11.4 Å². The van der Waals surface area contributed by atoms with Crippen LogP contribution in [0.4, 0.5) is 4.39 Å². The summed E-state index contributed by atoms with van der Waals surface area (Å²) in [7, 11) is -3.93. The number of nitrogens with zero attached hydrogens (tertiary/aromatic N) is 2. The van der Waals surface area contributed by atoms with Gasteiger partial charge in [0.05, 0.1) is 17.7 Å². The third-order valence-corrected chi connectivity index (χ3v) is 6.52. The highest BCUT2D eigenvalue weighted by Crippen LogP contribution is 2.19. The standard InChI is InChI=1S/C24H24FN3O3S/c1-18-6-10-20(11-7-18)16-28(32(30,31)23-12-8-19(2)9-13-23)17-24(29)27-26-15-21-4-3-5-22(25)14-21/h3-15H,16-17H2,1-2H3,(H,27,29)/b26-15-. The average molecular weight is 454 g/mol. The summed E-state index contributed by atoms with van der Waals surface area (Å²) in [6.45, 7) is 3.40. The van der Waals surface area contributed by atoms with E-state index in [0.717, 1.165) is 21.0 Å². The Kier molecular flexibility index (Phi) is 7.50. The molecule has 166 valence electrons. The van der Waals surface area contributed by atoms with Gasteiger partial charge in [-0.25, -0.2) is 18.2 Å². The van der Waals surface area contributed by atoms with E-state index >= 15 is 0 Å². The van der Waals surface area contributed by atoms with Crippen molar-refractivity contribution in [3.05, 3.63) is 101 Å². The first-order chi connectivity index (χ1) is 15.2. The molecule has 0 fully saturated rings. The highest BCUT2D eigenvalue weighted by Gasteiger charge is 2.26. The summed E-state index contributed by atoms with van der Waals surface area (Å²) < 4.78 is 40.9. The van der Waals surface area contributed by atoms with Crippen LogP contribution < -0.4 is 5.43 Å². The maximum Gasteiger partial charge on any atom is 0.255 e. The van der Waals surface area contributed by atoms with Crippen LogP contribution in [-0.2, 0) is 21.4 Å². The van der Waals surface area contributed by atoms with Crippen LogP contribution in [0.2, 0.25) is 0 Å². The molecule has 0 bridgehead atoms. The Labute approximate surface area is 187 Å². The summed E-state index contributed by atoms with van der Waals surface area (Å²) in [6, 6.07) is 19.6. The molecule has 0 heterocycles. The number of amides is 1. The first kappa shape index (κ1) is 23.3. The first-order valence-electron chi connectivity index (χ1n) is 9.94. The normalized spacial score (nSPS) is 11.8. The van der Waals surface area contributed by atoms with Crippen molar-refractivity contribution in [1.29, 1.82) is 0 Å². The summed E-state index contributed by atoms with van der Waals surface area (Å²) in [6.07, 6.45) is 1.29. The highest BCUT2D eigenvalue weighted by molar-refractivity contribution is 7.89. The van der Waals surface area contributed by atoms with Crippen molar-refractivity contribution in [2.24, 2.45) is 5.10 Å². The van der Waals surface area contributed by atoms with Gasteiger partial charge in [-0.1, -0.05) is 59.7 Å². The molecule has 0 unspecified atom stereocenters. The molecule has 0 aliphatic heterocycles. The number of sulfonamides is 1. The Bertz CT molecular complexity index is 1210. The molecule has 3 aromatic carbocycles. The lowest BCUT2D eigenvalue weighted by molar-refractivity contribution is -0.121. The number of benzene rings is 3. The number of hydrogen-bond acceptors (Lipinski definition) is 4. The molecule has 8 heteroatoms. The molecular formula is C24H24FN3O3S. The molecule has 1 amide bonds. The van der Waals surface area contributed by atoms with E-state index in [9.17, 15) is 17.6 Å². The molecule has 0 aromatic heterocycles. The molecule has 3 rings (SSSR count). The zero-order valence-electron chi connectivity index (χ0n) is 17.8. The van der Waals surface area contributed by atoms with Crippen LogP contribution in [-0.4, -0.2) is 31.4 Å². The lowest BCUT2D eigenvalue weighted by Crippen LogP contribution is -2.39. The van der Waals surface area contributed by atoms with E-state index in [1.807, 2.05) is 38.1 Å². The van der Waals surface area contributed by atoms with Crippen molar-refractivity contribution < 1.29 is 17.6 Å². The van der Waals surface area contributed by atoms with Gasteiger partial charge >= 0.3 is 0 Å². The fraction of sp³-hybridized carbons (Fsp3) is 0.167. The van der Waals surface area contributed by atoms with Gasteiger partial charge in [0.2, 0.25) is 10.0 Å². The molecule has 0 atom stereocenters. The molecule has 0 spiro atoms. The predicted molar refractivity (Wildman–Crippen MR) is 122 cm³/mol. The molecule has 1 N–H and O–H groups in total. The Morgan fingerprint density at radius 2 is 1.62 bits per heavy atom. The summed E-state index contributed by atoms with van der Waals surface area (Å²) in [4.78, 5) is 12.6. The second kappa shape index (κ2) is 10.3. The fourth-order valence-corrected chi connectivity index (χ4v) is 4.33. The molecular weight excluding hydrogens is 429 g/mol. The summed E-state index contributed by atoms with van der Waals surface area (Å²) in [5.74, 6) is -1.03. The van der Waals surface area contributed by atoms with Gasteiger partial charge in [-0.05, 0) is 49.2 Å². The minimum absolute atomic E-state index is 0.0253. The van der Waals surface area contributed by atoms with Crippen molar-refractivity contribution in [3.8, 4) is 0 Å². The third kappa shape index (κ3) is 6.32. The number of rotatable bonds is 8. The van der Waals surface area contributed by atoms with Crippen LogP contribution in [0.15, 0.2) is 82.8 Å². The fourth-order valence-electron chi connectivity index (χ4n) is 2.94. The van der Waals surface area contributed by atoms with Crippen molar-refractivity contribution in [2.45, 2.75) is 25.3 Å². The van der Waals surface area contributed by atoms with Crippen molar-refractivity contribution in [3.63, 3.8) is 0 Å². The largest absolute Gasteiger partial charge is 0.272 e. The molecule has 3 aromatic rings. The van der Waals surface area contributed by atoms with Gasteiger partial charge in [-0.3, -0.25) is 4.79 Å². The number of carbonyl (C=O) groups excluding carboxylic acids is 1. The lowest BCUT2D eigenvalue weighted by Gasteiger charge is -2.21. The minimum atomic E-state index is -3.93. The number of hydrogen-bond donors (Lipinski definition) is 1. The van der Waals surface area contributed by atoms with E-state index < -0.39 is 28.3 Å².